The second-order valence-electron chi connectivity index (χ2n) is 10.5. The molecule has 5 aromatic rings. The SMILES string of the molecule is CCOc1cc2ccc3cc4c(COC)cc5cc(OCC)c(OCC)cc5ccc4cc3c(COC)cc2cc1OCC. The van der Waals surface area contributed by atoms with Gasteiger partial charge in [-0.05, 0) is 130 Å². The van der Waals surface area contributed by atoms with E-state index in [2.05, 4.69) is 72.8 Å². The average Bonchev–Trinajstić information content (AvgIpc) is 3.00. The largest absolute Gasteiger partial charge is 0.490 e. The summed E-state index contributed by atoms with van der Waals surface area (Å²) in [6.07, 6.45) is 0. The molecule has 5 rings (SSSR count). The molecule has 0 spiro atoms. The van der Waals surface area contributed by atoms with Crippen LogP contribution >= 0.6 is 0 Å². The maximum atomic E-state index is 5.95. The molecule has 0 aliphatic heterocycles. The number of hydrogen-bond acceptors (Lipinski definition) is 6. The number of fused-ring (bicyclic) bond motifs is 4. The van der Waals surface area contributed by atoms with Gasteiger partial charge in [-0.3, -0.25) is 0 Å². The van der Waals surface area contributed by atoms with Gasteiger partial charge >= 0.3 is 0 Å². The summed E-state index contributed by atoms with van der Waals surface area (Å²) in [7, 11) is 3.46. The highest BCUT2D eigenvalue weighted by Gasteiger charge is 2.12. The van der Waals surface area contributed by atoms with Gasteiger partial charge in [0.2, 0.25) is 0 Å². The van der Waals surface area contributed by atoms with Crippen LogP contribution in [0.4, 0.5) is 0 Å². The molecule has 230 valence electrons. The van der Waals surface area contributed by atoms with Crippen LogP contribution in [0.5, 0.6) is 23.0 Å². The zero-order valence-corrected chi connectivity index (χ0v) is 26.6. The predicted molar refractivity (Wildman–Crippen MR) is 180 cm³/mol. The fourth-order valence-electron chi connectivity index (χ4n) is 5.70. The molecular formula is C38H42O6. The van der Waals surface area contributed by atoms with E-state index in [4.69, 9.17) is 28.4 Å². The summed E-state index contributed by atoms with van der Waals surface area (Å²) in [5.74, 6) is 2.96. The third-order valence-corrected chi connectivity index (χ3v) is 7.56. The van der Waals surface area contributed by atoms with Crippen LogP contribution in [0.1, 0.15) is 38.8 Å². The van der Waals surface area contributed by atoms with Gasteiger partial charge < -0.3 is 28.4 Å². The summed E-state index contributed by atoms with van der Waals surface area (Å²) < 4.78 is 35.2. The van der Waals surface area contributed by atoms with Crippen LogP contribution in [0.15, 0.2) is 72.8 Å². The molecular weight excluding hydrogens is 552 g/mol. The molecule has 0 aliphatic carbocycles. The van der Waals surface area contributed by atoms with Gasteiger partial charge in [-0.25, -0.2) is 0 Å². The average molecular weight is 595 g/mol. The maximum Gasteiger partial charge on any atom is 0.161 e. The number of methoxy groups -OCH3 is 2. The van der Waals surface area contributed by atoms with Crippen molar-refractivity contribution in [2.24, 2.45) is 0 Å². The molecule has 0 N–H and O–H groups in total. The molecule has 0 aromatic heterocycles. The molecule has 44 heavy (non-hydrogen) atoms. The molecule has 6 nitrogen and oxygen atoms in total. The van der Waals surface area contributed by atoms with Crippen molar-refractivity contribution >= 4 is 43.1 Å². The summed E-state index contributed by atoms with van der Waals surface area (Å²) in [6.45, 7) is 11.1. The number of rotatable bonds is 12. The first kappa shape index (κ1) is 31.2. The molecule has 6 heteroatoms. The minimum atomic E-state index is 0.460. The lowest BCUT2D eigenvalue weighted by Crippen LogP contribution is -1.98. The summed E-state index contributed by atoms with van der Waals surface area (Å²) in [4.78, 5) is 0. The second-order valence-corrected chi connectivity index (χ2v) is 10.5. The quantitative estimate of drug-likeness (QED) is 0.143. The monoisotopic (exact) mass is 594 g/mol. The van der Waals surface area contributed by atoms with Gasteiger partial charge in [-0.1, -0.05) is 24.3 Å². The first-order valence-corrected chi connectivity index (χ1v) is 15.3. The smallest absolute Gasteiger partial charge is 0.161 e. The van der Waals surface area contributed by atoms with Crippen LogP contribution in [-0.2, 0) is 22.7 Å². The van der Waals surface area contributed by atoms with Crippen LogP contribution in [0, 0.1) is 0 Å². The highest BCUT2D eigenvalue weighted by Crippen LogP contribution is 2.36. The third-order valence-electron chi connectivity index (χ3n) is 7.56. The van der Waals surface area contributed by atoms with E-state index in [0.29, 0.717) is 39.6 Å². The van der Waals surface area contributed by atoms with Crippen LogP contribution < -0.4 is 18.9 Å². The van der Waals surface area contributed by atoms with E-state index in [1.165, 1.54) is 0 Å². The Balaban J connectivity index is 1.85. The highest BCUT2D eigenvalue weighted by atomic mass is 16.5. The van der Waals surface area contributed by atoms with E-state index < -0.39 is 0 Å². The van der Waals surface area contributed by atoms with Crippen molar-refractivity contribution in [2.45, 2.75) is 40.9 Å². The summed E-state index contributed by atoms with van der Waals surface area (Å²) in [5, 5.41) is 8.64. The van der Waals surface area contributed by atoms with Gasteiger partial charge in [0, 0.05) is 14.2 Å². The number of ether oxygens (including phenoxy) is 6. The van der Waals surface area contributed by atoms with Crippen LogP contribution in [0.3, 0.4) is 0 Å². The van der Waals surface area contributed by atoms with Crippen molar-refractivity contribution < 1.29 is 28.4 Å². The molecule has 0 bridgehead atoms. The van der Waals surface area contributed by atoms with E-state index >= 15 is 0 Å². The summed E-state index contributed by atoms with van der Waals surface area (Å²) in [5.41, 5.74) is 2.16. The van der Waals surface area contributed by atoms with Gasteiger partial charge in [-0.2, -0.15) is 0 Å². The van der Waals surface area contributed by atoms with Crippen molar-refractivity contribution in [1.29, 1.82) is 0 Å². The highest BCUT2D eigenvalue weighted by molar-refractivity contribution is 6.03. The van der Waals surface area contributed by atoms with Gasteiger partial charge in [0.05, 0.1) is 39.6 Å². The van der Waals surface area contributed by atoms with Crippen molar-refractivity contribution in [1.82, 2.24) is 0 Å². The molecule has 0 unspecified atom stereocenters. The second kappa shape index (κ2) is 14.5. The Bertz CT molecular complexity index is 1710. The van der Waals surface area contributed by atoms with E-state index in [1.54, 1.807) is 14.2 Å². The molecule has 0 aliphatic rings. The van der Waals surface area contributed by atoms with E-state index in [1.807, 2.05) is 27.7 Å². The van der Waals surface area contributed by atoms with Crippen LogP contribution in [0.2, 0.25) is 0 Å². The molecule has 0 heterocycles. The molecule has 0 saturated heterocycles. The fourth-order valence-corrected chi connectivity index (χ4v) is 5.70. The van der Waals surface area contributed by atoms with Crippen LogP contribution in [-0.4, -0.2) is 40.6 Å². The third kappa shape index (κ3) is 6.62. The minimum absolute atomic E-state index is 0.460. The Morgan fingerprint density at radius 3 is 1.02 bits per heavy atom. The number of hydrogen-bond donors (Lipinski definition) is 0. The molecule has 0 radical (unpaired) electrons. The predicted octanol–water partition coefficient (Wildman–Crippen LogP) is 9.31. The molecule has 0 atom stereocenters. The first-order valence-electron chi connectivity index (χ1n) is 15.3. The normalized spacial score (nSPS) is 11.2. The van der Waals surface area contributed by atoms with E-state index in [9.17, 15) is 0 Å². The fraction of sp³-hybridized carbons (Fsp3) is 0.316. The van der Waals surface area contributed by atoms with Crippen molar-refractivity contribution in [2.75, 3.05) is 40.6 Å². The summed E-state index contributed by atoms with van der Waals surface area (Å²) in [6, 6.07) is 25.8. The van der Waals surface area contributed by atoms with Gasteiger partial charge in [0.15, 0.2) is 23.0 Å². The Kier molecular flexibility index (Phi) is 10.3. The van der Waals surface area contributed by atoms with Crippen molar-refractivity contribution in [3.8, 4) is 23.0 Å². The Hall–Kier alpha value is -4.26. The Morgan fingerprint density at radius 1 is 0.386 bits per heavy atom. The molecule has 0 fully saturated rings. The maximum absolute atomic E-state index is 5.95. The topological polar surface area (TPSA) is 55.4 Å². The van der Waals surface area contributed by atoms with Gasteiger partial charge in [-0.15, -0.1) is 0 Å². The molecule has 0 amide bonds. The standard InChI is InChI=1S/C38H42O6/c1-7-41-35-19-25-11-13-27-17-34-28(18-33(27)31(23-39-5)15-29(25)21-37(35)43-9-3)14-12-26-20-36(42-8-2)38(44-10-4)22-30(26)16-32(34)24-40-6/h11-22H,7-10,23-24H2,1-6H3. The lowest BCUT2D eigenvalue weighted by atomic mass is 9.96. The molecule has 5 aromatic carbocycles. The minimum Gasteiger partial charge on any atom is -0.490 e. The molecule has 0 saturated carbocycles. The summed E-state index contributed by atoms with van der Waals surface area (Å²) >= 11 is 0. The van der Waals surface area contributed by atoms with E-state index in [-0.39, 0.29) is 0 Å². The first-order chi connectivity index (χ1) is 21.5. The number of benzene rings is 3. The lowest BCUT2D eigenvalue weighted by Gasteiger charge is -2.14. The Morgan fingerprint density at radius 2 is 0.705 bits per heavy atom. The van der Waals surface area contributed by atoms with Crippen molar-refractivity contribution in [3.63, 3.8) is 0 Å². The zero-order valence-electron chi connectivity index (χ0n) is 26.6. The van der Waals surface area contributed by atoms with Gasteiger partial charge in [0.25, 0.3) is 0 Å². The Labute approximate surface area is 259 Å². The van der Waals surface area contributed by atoms with E-state index in [0.717, 1.165) is 77.2 Å². The zero-order chi connectivity index (χ0) is 31.1. The lowest BCUT2D eigenvalue weighted by molar-refractivity contribution is 0.186. The van der Waals surface area contributed by atoms with Crippen LogP contribution in [0.25, 0.3) is 43.1 Å². The van der Waals surface area contributed by atoms with Crippen molar-refractivity contribution in [3.05, 3.63) is 83.9 Å². The van der Waals surface area contributed by atoms with Gasteiger partial charge in [0.1, 0.15) is 0 Å².